The number of hydrogen-bond acceptors (Lipinski definition) is 6. The van der Waals surface area contributed by atoms with Crippen molar-refractivity contribution >= 4 is 28.3 Å². The van der Waals surface area contributed by atoms with Crippen molar-refractivity contribution in [1.82, 2.24) is 10.2 Å². The number of benzene rings is 2. The molecule has 0 bridgehead atoms. The summed E-state index contributed by atoms with van der Waals surface area (Å²) in [5, 5.41) is 23.2. The van der Waals surface area contributed by atoms with E-state index in [4.69, 9.17) is 9.47 Å². The molecule has 8 heteroatoms. The van der Waals surface area contributed by atoms with Gasteiger partial charge in [-0.05, 0) is 76.9 Å². The van der Waals surface area contributed by atoms with Gasteiger partial charge in [0, 0.05) is 25.0 Å². The maximum atomic E-state index is 9.84. The molecular weight excluding hydrogens is 544 g/mol. The number of rotatable bonds is 7. The highest BCUT2D eigenvalue weighted by atomic mass is 79.9. The van der Waals surface area contributed by atoms with E-state index in [0.717, 1.165) is 81.8 Å². The number of halogens is 2. The monoisotopic (exact) mass is 586 g/mol. The lowest BCUT2D eigenvalue weighted by Crippen LogP contribution is -2.43. The predicted molar refractivity (Wildman–Crippen MR) is 154 cm³/mol. The van der Waals surface area contributed by atoms with Gasteiger partial charge in [0.15, 0.2) is 0 Å². The molecule has 6 nitrogen and oxygen atoms in total. The van der Waals surface area contributed by atoms with E-state index in [1.165, 1.54) is 0 Å². The summed E-state index contributed by atoms with van der Waals surface area (Å²) in [6.45, 7) is 10.1. The molecule has 0 atom stereocenters. The summed E-state index contributed by atoms with van der Waals surface area (Å²) in [5.74, 6) is 1.86. The Kier molecular flexibility index (Phi) is 16.3. The molecule has 0 radical (unpaired) electrons. The molecular formula is C28H44BrClN2O4. The quantitative estimate of drug-likeness (QED) is 0.400. The number of likely N-dealkylation sites (tertiary alicyclic amines) is 1. The van der Waals surface area contributed by atoms with Crippen LogP contribution in [-0.4, -0.2) is 77.6 Å². The van der Waals surface area contributed by atoms with Gasteiger partial charge >= 0.3 is 0 Å². The largest absolute Gasteiger partial charge is 0.493 e. The molecule has 2 aliphatic heterocycles. The predicted octanol–water partition coefficient (Wildman–Crippen LogP) is 4.92. The number of aliphatic hydroxyl groups is 2. The summed E-state index contributed by atoms with van der Waals surface area (Å²) in [5.41, 5.74) is -0.845. The summed E-state index contributed by atoms with van der Waals surface area (Å²) in [7, 11) is 0. The van der Waals surface area contributed by atoms with Crippen LogP contribution in [0.4, 0.5) is 0 Å². The van der Waals surface area contributed by atoms with Crippen LogP contribution in [0.1, 0.15) is 39.5 Å². The highest BCUT2D eigenvalue weighted by Crippen LogP contribution is 2.20. The lowest BCUT2D eigenvalue weighted by Gasteiger charge is -2.35. The van der Waals surface area contributed by atoms with Crippen molar-refractivity contribution in [3.05, 3.63) is 60.7 Å². The van der Waals surface area contributed by atoms with Crippen LogP contribution in [-0.2, 0) is 0 Å². The topological polar surface area (TPSA) is 74.2 Å². The Hall–Kier alpha value is -1.35. The molecule has 0 unspecified atom stereocenters. The van der Waals surface area contributed by atoms with E-state index in [9.17, 15) is 10.2 Å². The summed E-state index contributed by atoms with van der Waals surface area (Å²) in [4.78, 5) is 2.35. The highest BCUT2D eigenvalue weighted by molar-refractivity contribution is 9.09. The number of nitrogens with zero attached hydrogens (tertiary/aromatic N) is 1. The van der Waals surface area contributed by atoms with Crippen molar-refractivity contribution < 1.29 is 19.7 Å². The second-order valence-corrected chi connectivity index (χ2v) is 10.4. The van der Waals surface area contributed by atoms with Crippen LogP contribution in [0, 0.1) is 0 Å². The van der Waals surface area contributed by atoms with Crippen molar-refractivity contribution in [3.8, 4) is 11.5 Å². The van der Waals surface area contributed by atoms with Gasteiger partial charge in [0.2, 0.25) is 0 Å². The molecule has 2 aliphatic rings. The van der Waals surface area contributed by atoms with Crippen molar-refractivity contribution in [2.24, 2.45) is 0 Å². The minimum atomic E-state index is -0.462. The summed E-state index contributed by atoms with van der Waals surface area (Å²) in [6, 6.07) is 19.7. The van der Waals surface area contributed by atoms with Crippen LogP contribution in [0.3, 0.4) is 0 Å². The molecule has 204 valence electrons. The van der Waals surface area contributed by atoms with E-state index in [-0.39, 0.29) is 18.0 Å². The smallest absolute Gasteiger partial charge is 0.119 e. The molecule has 2 aromatic rings. The number of hydrogen-bond donors (Lipinski definition) is 3. The molecule has 0 spiro atoms. The third kappa shape index (κ3) is 15.0. The van der Waals surface area contributed by atoms with Crippen molar-refractivity contribution in [2.45, 2.75) is 50.7 Å². The number of nitrogens with one attached hydrogen (secondary N) is 1. The van der Waals surface area contributed by atoms with Gasteiger partial charge in [-0.1, -0.05) is 52.3 Å². The van der Waals surface area contributed by atoms with E-state index in [0.29, 0.717) is 6.61 Å². The molecule has 2 aromatic carbocycles. The van der Waals surface area contributed by atoms with Crippen molar-refractivity contribution in [1.29, 1.82) is 0 Å². The van der Waals surface area contributed by atoms with Crippen LogP contribution >= 0.6 is 28.3 Å². The van der Waals surface area contributed by atoms with Crippen molar-refractivity contribution in [2.75, 3.05) is 51.3 Å². The third-order valence-electron chi connectivity index (χ3n) is 6.12. The van der Waals surface area contributed by atoms with Gasteiger partial charge in [0.1, 0.15) is 18.1 Å². The lowest BCUT2D eigenvalue weighted by molar-refractivity contribution is -0.00768. The lowest BCUT2D eigenvalue weighted by atomic mass is 9.94. The first kappa shape index (κ1) is 32.7. The minimum Gasteiger partial charge on any atom is -0.493 e. The van der Waals surface area contributed by atoms with Gasteiger partial charge in [0.05, 0.1) is 17.8 Å². The van der Waals surface area contributed by atoms with E-state index < -0.39 is 5.60 Å². The maximum Gasteiger partial charge on any atom is 0.119 e. The fraction of sp³-hybridized carbons (Fsp3) is 0.571. The average Bonchev–Trinajstić information content (AvgIpc) is 2.86. The summed E-state index contributed by atoms with van der Waals surface area (Å²) in [6.07, 6.45) is 3.51. The Labute approximate surface area is 231 Å². The molecule has 3 N–H and O–H groups in total. The summed E-state index contributed by atoms with van der Waals surface area (Å²) >= 11 is 3.28. The van der Waals surface area contributed by atoms with Crippen molar-refractivity contribution in [3.63, 3.8) is 0 Å². The normalized spacial score (nSPS) is 18.2. The standard InChI is InChI=1S/C14H21NO2.C8H9BrO.C6H13NO.ClH/c1-14(16)7-9-15(10-8-14)11-12-17-13-5-3-2-4-6-13;9-6-7-10-8-4-2-1-3-5-8;1-6(8)2-4-7-5-3-6;/h2-6,16H,7-12H2,1H3;1-5H,6-7H2;7-8H,2-5H2,1H3;1H. The second-order valence-electron chi connectivity index (χ2n) is 9.60. The number of para-hydroxylation sites is 2. The van der Waals surface area contributed by atoms with Gasteiger partial charge in [0.25, 0.3) is 0 Å². The zero-order valence-corrected chi connectivity index (χ0v) is 24.1. The number of ether oxygens (including phenoxy) is 2. The molecule has 0 amide bonds. The molecule has 36 heavy (non-hydrogen) atoms. The summed E-state index contributed by atoms with van der Waals surface area (Å²) < 4.78 is 11.0. The maximum absolute atomic E-state index is 9.84. The average molecular weight is 588 g/mol. The Morgan fingerprint density at radius 2 is 1.22 bits per heavy atom. The van der Waals surface area contributed by atoms with E-state index >= 15 is 0 Å². The molecule has 2 fully saturated rings. The van der Waals surface area contributed by atoms with Gasteiger partial charge < -0.3 is 25.0 Å². The molecule has 2 heterocycles. The first-order chi connectivity index (χ1) is 16.8. The zero-order chi connectivity index (χ0) is 25.4. The first-order valence-electron chi connectivity index (χ1n) is 12.6. The molecule has 0 saturated carbocycles. The minimum absolute atomic E-state index is 0. The van der Waals surface area contributed by atoms with Crippen LogP contribution in [0.5, 0.6) is 11.5 Å². The third-order valence-corrected chi connectivity index (χ3v) is 6.45. The van der Waals surface area contributed by atoms with Gasteiger partial charge in [-0.25, -0.2) is 0 Å². The molecule has 4 rings (SSSR count). The highest BCUT2D eigenvalue weighted by Gasteiger charge is 2.26. The Morgan fingerprint density at radius 1 is 0.778 bits per heavy atom. The van der Waals surface area contributed by atoms with Crippen LogP contribution in [0.15, 0.2) is 60.7 Å². The second kappa shape index (κ2) is 18.0. The van der Waals surface area contributed by atoms with E-state index in [2.05, 4.69) is 26.1 Å². The van der Waals surface area contributed by atoms with Gasteiger partial charge in [-0.3, -0.25) is 4.90 Å². The van der Waals surface area contributed by atoms with Crippen LogP contribution < -0.4 is 14.8 Å². The molecule has 0 aromatic heterocycles. The van der Waals surface area contributed by atoms with E-state index in [1.807, 2.05) is 74.5 Å². The zero-order valence-electron chi connectivity index (χ0n) is 21.7. The van der Waals surface area contributed by atoms with E-state index in [1.54, 1.807) is 0 Å². The first-order valence-corrected chi connectivity index (χ1v) is 13.7. The van der Waals surface area contributed by atoms with Crippen LogP contribution in [0.2, 0.25) is 0 Å². The molecule has 0 aliphatic carbocycles. The number of alkyl halides is 1. The fourth-order valence-electron chi connectivity index (χ4n) is 3.71. The number of piperidine rings is 2. The fourth-order valence-corrected chi connectivity index (χ4v) is 3.87. The Morgan fingerprint density at radius 3 is 1.64 bits per heavy atom. The Balaban J connectivity index is 0.000000291. The van der Waals surface area contributed by atoms with Gasteiger partial charge in [-0.2, -0.15) is 0 Å². The van der Waals surface area contributed by atoms with Gasteiger partial charge in [-0.15, -0.1) is 12.4 Å². The Bertz CT molecular complexity index is 779. The molecule has 2 saturated heterocycles. The van der Waals surface area contributed by atoms with Crippen LogP contribution in [0.25, 0.3) is 0 Å². The SMILES string of the molecule is BrCCOc1ccccc1.CC1(O)CCN(CCOc2ccccc2)CC1.CC1(O)CCNCC1.Cl.